The van der Waals surface area contributed by atoms with Crippen LogP contribution in [0.3, 0.4) is 0 Å². The molecule has 1 amide bonds. The molecule has 2 aromatic rings. The lowest BCUT2D eigenvalue weighted by atomic mass is 9.77. The van der Waals surface area contributed by atoms with E-state index in [9.17, 15) is 4.79 Å². The first kappa shape index (κ1) is 20.5. The van der Waals surface area contributed by atoms with E-state index in [0.29, 0.717) is 10.0 Å². The summed E-state index contributed by atoms with van der Waals surface area (Å²) in [5.41, 5.74) is 12.7. The lowest BCUT2D eigenvalue weighted by Crippen LogP contribution is -2.33. The highest BCUT2D eigenvalue weighted by Gasteiger charge is 2.43. The van der Waals surface area contributed by atoms with E-state index in [4.69, 9.17) is 33.8 Å². The van der Waals surface area contributed by atoms with Gasteiger partial charge in [-0.15, -0.1) is 0 Å². The van der Waals surface area contributed by atoms with Crippen LogP contribution in [0.15, 0.2) is 64.3 Å². The number of hydrogen-bond donors (Lipinski definition) is 0. The van der Waals surface area contributed by atoms with Crippen LogP contribution in [-0.4, -0.2) is 23.2 Å². The highest BCUT2D eigenvalue weighted by atomic mass is 35.5. The van der Waals surface area contributed by atoms with Crippen molar-refractivity contribution in [3.8, 4) is 0 Å². The number of amides is 1. The second-order valence-corrected chi connectivity index (χ2v) is 8.20. The van der Waals surface area contributed by atoms with Gasteiger partial charge in [0, 0.05) is 20.9 Å². The Balaban J connectivity index is 1.73. The van der Waals surface area contributed by atoms with Crippen molar-refractivity contribution in [3.63, 3.8) is 0 Å². The largest absolute Gasteiger partial charge is 0.273 e. The number of benzene rings is 2. The third-order valence-electron chi connectivity index (χ3n) is 5.45. The van der Waals surface area contributed by atoms with Gasteiger partial charge in [-0.05, 0) is 71.8 Å². The fraction of sp³-hybridized carbons (Fsp3) is 0.273. The van der Waals surface area contributed by atoms with Crippen LogP contribution in [0.1, 0.15) is 36.4 Å². The van der Waals surface area contributed by atoms with E-state index in [1.54, 1.807) is 0 Å². The van der Waals surface area contributed by atoms with Crippen molar-refractivity contribution < 1.29 is 4.79 Å². The standard InChI is InChI=1S/C22H19Cl2N5O/c23-17-8-4-14(5-9-17)12-16-2-1-3-19-21(16)27-29(20(30)13-26-28-25)22(19)15-6-10-18(24)11-7-15/h4-12,19,22H,1-3,13H2. The van der Waals surface area contributed by atoms with Gasteiger partial charge >= 0.3 is 0 Å². The topological polar surface area (TPSA) is 81.4 Å². The Hall–Kier alpha value is -2.79. The molecule has 4 rings (SSSR count). The minimum atomic E-state index is -0.319. The minimum Gasteiger partial charge on any atom is -0.273 e. The van der Waals surface area contributed by atoms with Gasteiger partial charge < -0.3 is 0 Å². The van der Waals surface area contributed by atoms with E-state index >= 15 is 0 Å². The molecule has 0 radical (unpaired) electrons. The highest BCUT2D eigenvalue weighted by Crippen LogP contribution is 2.44. The van der Waals surface area contributed by atoms with Gasteiger partial charge in [0.25, 0.3) is 0 Å². The zero-order valence-electron chi connectivity index (χ0n) is 16.1. The zero-order chi connectivity index (χ0) is 21.1. The van der Waals surface area contributed by atoms with Gasteiger partial charge in [0.05, 0.1) is 11.8 Å². The third-order valence-corrected chi connectivity index (χ3v) is 5.95. The number of carbonyl (C=O) groups is 1. The number of halogens is 2. The van der Waals surface area contributed by atoms with Crippen LogP contribution in [-0.2, 0) is 4.79 Å². The summed E-state index contributed by atoms with van der Waals surface area (Å²) in [6, 6.07) is 14.9. The maximum absolute atomic E-state index is 12.8. The average molecular weight is 440 g/mol. The molecule has 8 heteroatoms. The van der Waals surface area contributed by atoms with E-state index in [-0.39, 0.29) is 24.4 Å². The van der Waals surface area contributed by atoms with E-state index in [0.717, 1.165) is 41.7 Å². The lowest BCUT2D eigenvalue weighted by molar-refractivity contribution is -0.132. The molecule has 1 aliphatic heterocycles. The number of azide groups is 1. The molecule has 1 fully saturated rings. The van der Waals surface area contributed by atoms with Crippen LogP contribution in [0.25, 0.3) is 16.5 Å². The molecule has 30 heavy (non-hydrogen) atoms. The normalized spacial score (nSPS) is 21.7. The highest BCUT2D eigenvalue weighted by molar-refractivity contribution is 6.30. The molecule has 1 saturated carbocycles. The van der Waals surface area contributed by atoms with Crippen LogP contribution in [0.5, 0.6) is 0 Å². The summed E-state index contributed by atoms with van der Waals surface area (Å²) in [5.74, 6) is -0.242. The van der Waals surface area contributed by atoms with Crippen LogP contribution in [0.4, 0.5) is 0 Å². The molecule has 0 spiro atoms. The van der Waals surface area contributed by atoms with Gasteiger partial charge in [-0.3, -0.25) is 4.79 Å². The quantitative estimate of drug-likeness (QED) is 0.307. The summed E-state index contributed by atoms with van der Waals surface area (Å²) >= 11 is 12.1. The Morgan fingerprint density at radius 1 is 1.17 bits per heavy atom. The van der Waals surface area contributed by atoms with E-state index in [1.807, 2.05) is 48.5 Å². The van der Waals surface area contributed by atoms with Gasteiger partial charge in [-0.25, -0.2) is 5.01 Å². The molecule has 0 saturated heterocycles. The molecule has 6 nitrogen and oxygen atoms in total. The summed E-state index contributed by atoms with van der Waals surface area (Å²) in [6.45, 7) is -0.264. The van der Waals surface area contributed by atoms with Gasteiger partial charge in [0.15, 0.2) is 0 Å². The van der Waals surface area contributed by atoms with Crippen molar-refractivity contribution >= 4 is 40.9 Å². The first-order valence-corrected chi connectivity index (χ1v) is 10.5. The zero-order valence-corrected chi connectivity index (χ0v) is 17.6. The van der Waals surface area contributed by atoms with Crippen molar-refractivity contribution in [2.24, 2.45) is 16.1 Å². The van der Waals surface area contributed by atoms with Gasteiger partial charge in [0.1, 0.15) is 6.54 Å². The molecule has 2 aromatic carbocycles. The third kappa shape index (κ3) is 4.21. The number of nitrogens with zero attached hydrogens (tertiary/aromatic N) is 5. The van der Waals surface area contributed by atoms with Crippen LogP contribution < -0.4 is 0 Å². The number of hydrazone groups is 1. The summed E-state index contributed by atoms with van der Waals surface area (Å²) in [6.07, 6.45) is 4.94. The van der Waals surface area contributed by atoms with Crippen molar-refractivity contribution in [2.75, 3.05) is 6.54 Å². The molecule has 0 N–H and O–H groups in total. The lowest BCUT2D eigenvalue weighted by Gasteiger charge is -2.29. The maximum atomic E-state index is 12.8. The molecule has 1 heterocycles. The summed E-state index contributed by atoms with van der Waals surface area (Å²) in [5, 5.41) is 11.0. The predicted octanol–water partition coefficient (Wildman–Crippen LogP) is 6.43. The summed E-state index contributed by atoms with van der Waals surface area (Å²) in [7, 11) is 0. The Morgan fingerprint density at radius 2 is 1.83 bits per heavy atom. The van der Waals surface area contributed by atoms with Gasteiger partial charge in [-0.2, -0.15) is 5.10 Å². The van der Waals surface area contributed by atoms with Gasteiger partial charge in [-0.1, -0.05) is 52.6 Å². The minimum absolute atomic E-state index is 0.0773. The number of hydrogen-bond acceptors (Lipinski definition) is 3. The van der Waals surface area contributed by atoms with E-state index in [1.165, 1.54) is 5.01 Å². The fourth-order valence-corrected chi connectivity index (χ4v) is 4.38. The average Bonchev–Trinajstić information content (AvgIpc) is 3.15. The molecule has 0 aromatic heterocycles. The first-order chi connectivity index (χ1) is 14.6. The molecular weight excluding hydrogens is 421 g/mol. The number of rotatable bonds is 4. The van der Waals surface area contributed by atoms with Crippen molar-refractivity contribution in [1.29, 1.82) is 0 Å². The van der Waals surface area contributed by atoms with Crippen molar-refractivity contribution in [2.45, 2.75) is 25.3 Å². The SMILES string of the molecule is [N-]=[N+]=NCC(=O)N1N=C2C(=Cc3ccc(Cl)cc3)CCCC2C1c1ccc(Cl)cc1. The molecule has 2 unspecified atom stereocenters. The Labute approximate surface area is 184 Å². The Morgan fingerprint density at radius 3 is 2.50 bits per heavy atom. The van der Waals surface area contributed by atoms with E-state index < -0.39 is 0 Å². The number of allylic oxidation sites excluding steroid dienone is 1. The first-order valence-electron chi connectivity index (χ1n) is 9.70. The molecular formula is C22H19Cl2N5O. The van der Waals surface area contributed by atoms with Crippen LogP contribution in [0, 0.1) is 5.92 Å². The summed E-state index contributed by atoms with van der Waals surface area (Å²) < 4.78 is 0. The molecule has 2 aliphatic rings. The van der Waals surface area contributed by atoms with Crippen LogP contribution >= 0.6 is 23.2 Å². The van der Waals surface area contributed by atoms with Gasteiger partial charge in [0.2, 0.25) is 5.91 Å². The fourth-order valence-electron chi connectivity index (χ4n) is 4.13. The van der Waals surface area contributed by atoms with Crippen molar-refractivity contribution in [1.82, 2.24) is 5.01 Å². The van der Waals surface area contributed by atoms with E-state index in [2.05, 4.69) is 16.1 Å². The number of fused-ring (bicyclic) bond motifs is 1. The predicted molar refractivity (Wildman–Crippen MR) is 119 cm³/mol. The van der Waals surface area contributed by atoms with Crippen molar-refractivity contribution in [3.05, 3.63) is 85.7 Å². The monoisotopic (exact) mass is 439 g/mol. The second kappa shape index (κ2) is 8.92. The molecule has 152 valence electrons. The molecule has 0 bridgehead atoms. The Bertz CT molecular complexity index is 1060. The summed E-state index contributed by atoms with van der Waals surface area (Å²) in [4.78, 5) is 15.5. The second-order valence-electron chi connectivity index (χ2n) is 7.33. The van der Waals surface area contributed by atoms with Crippen LogP contribution in [0.2, 0.25) is 10.0 Å². The molecule has 2 atom stereocenters. The molecule has 1 aliphatic carbocycles. The number of carbonyl (C=O) groups excluding carboxylic acids is 1. The smallest absolute Gasteiger partial charge is 0.249 e. The Kier molecular flexibility index (Phi) is 6.09. The maximum Gasteiger partial charge on any atom is 0.249 e.